The number of nitrogens with zero attached hydrogens (tertiary/aromatic N) is 3. The zero-order chi connectivity index (χ0) is 23.8. The number of fused-ring (bicyclic) bond motifs is 1. The quantitative estimate of drug-likeness (QED) is 0.438. The van der Waals surface area contributed by atoms with Crippen LogP contribution in [0.15, 0.2) is 54.6 Å². The van der Waals surface area contributed by atoms with Crippen LogP contribution in [0.1, 0.15) is 50.3 Å². The molecule has 0 spiro atoms. The van der Waals surface area contributed by atoms with E-state index in [-0.39, 0.29) is 18.4 Å². The maximum atomic E-state index is 13.3. The van der Waals surface area contributed by atoms with E-state index in [2.05, 4.69) is 33.0 Å². The van der Waals surface area contributed by atoms with Gasteiger partial charge in [0.2, 0.25) is 5.91 Å². The Morgan fingerprint density at radius 2 is 1.58 bits per heavy atom. The standard InChI is InChI=1S/C27H36N4O2/c1-20(2)17-30(18-21(3)4)26(32)19-31-24-14-9-8-13-23(24)29-25(31)15-10-16-28-27(33)22-11-6-5-7-12-22/h5-9,11-14,20-21H,10,15-19H2,1-4H3,(H,28,33). The van der Waals surface area contributed by atoms with E-state index in [4.69, 9.17) is 4.98 Å². The van der Waals surface area contributed by atoms with Gasteiger partial charge in [-0.25, -0.2) is 4.98 Å². The Bertz CT molecular complexity index is 1050. The molecule has 0 radical (unpaired) electrons. The van der Waals surface area contributed by atoms with Crippen LogP contribution in [0, 0.1) is 11.8 Å². The average molecular weight is 449 g/mol. The van der Waals surface area contributed by atoms with Crippen molar-refractivity contribution in [2.24, 2.45) is 11.8 Å². The van der Waals surface area contributed by atoms with Crippen LogP contribution >= 0.6 is 0 Å². The fourth-order valence-corrected chi connectivity index (χ4v) is 4.03. The number of aryl methyl sites for hydroxylation is 1. The normalized spacial score (nSPS) is 11.3. The number of amides is 2. The number of imidazole rings is 1. The zero-order valence-corrected chi connectivity index (χ0v) is 20.3. The fourth-order valence-electron chi connectivity index (χ4n) is 4.03. The molecule has 0 saturated carbocycles. The summed E-state index contributed by atoms with van der Waals surface area (Å²) in [4.78, 5) is 32.3. The highest BCUT2D eigenvalue weighted by Crippen LogP contribution is 2.18. The molecule has 33 heavy (non-hydrogen) atoms. The summed E-state index contributed by atoms with van der Waals surface area (Å²) in [6.45, 7) is 10.9. The van der Waals surface area contributed by atoms with Gasteiger partial charge >= 0.3 is 0 Å². The van der Waals surface area contributed by atoms with Crippen LogP contribution in [-0.2, 0) is 17.8 Å². The zero-order valence-electron chi connectivity index (χ0n) is 20.3. The van der Waals surface area contributed by atoms with E-state index in [1.165, 1.54) is 0 Å². The predicted octanol–water partition coefficient (Wildman–Crippen LogP) is 4.54. The first-order chi connectivity index (χ1) is 15.8. The Hall–Kier alpha value is -3.15. The van der Waals surface area contributed by atoms with Crippen molar-refractivity contribution in [1.82, 2.24) is 19.8 Å². The second-order valence-corrected chi connectivity index (χ2v) is 9.41. The molecule has 2 amide bonds. The molecule has 0 atom stereocenters. The SMILES string of the molecule is CC(C)CN(CC(C)C)C(=O)Cn1c(CCCNC(=O)c2ccccc2)nc2ccccc21. The number of carbonyl (C=O) groups excluding carboxylic acids is 2. The lowest BCUT2D eigenvalue weighted by molar-refractivity contribution is -0.132. The number of carbonyl (C=O) groups is 2. The van der Waals surface area contributed by atoms with Crippen LogP contribution in [0.4, 0.5) is 0 Å². The second kappa shape index (κ2) is 11.6. The van der Waals surface area contributed by atoms with Gasteiger partial charge in [0.1, 0.15) is 12.4 Å². The highest BCUT2D eigenvalue weighted by Gasteiger charge is 2.20. The first-order valence-electron chi connectivity index (χ1n) is 11.9. The predicted molar refractivity (Wildman–Crippen MR) is 133 cm³/mol. The molecule has 3 rings (SSSR count). The van der Waals surface area contributed by atoms with Crippen molar-refractivity contribution in [3.63, 3.8) is 0 Å². The van der Waals surface area contributed by atoms with Gasteiger partial charge in [0.25, 0.3) is 5.91 Å². The third kappa shape index (κ3) is 6.91. The van der Waals surface area contributed by atoms with E-state index in [1.807, 2.05) is 51.9 Å². The summed E-state index contributed by atoms with van der Waals surface area (Å²) in [5, 5.41) is 2.97. The van der Waals surface area contributed by atoms with Gasteiger partial charge in [-0.1, -0.05) is 58.0 Å². The highest BCUT2D eigenvalue weighted by atomic mass is 16.2. The van der Waals surface area contributed by atoms with Gasteiger partial charge in [0.15, 0.2) is 0 Å². The lowest BCUT2D eigenvalue weighted by atomic mass is 10.1. The van der Waals surface area contributed by atoms with Crippen molar-refractivity contribution in [1.29, 1.82) is 0 Å². The Kier molecular flexibility index (Phi) is 8.64. The molecule has 2 aromatic carbocycles. The van der Waals surface area contributed by atoms with Crippen molar-refractivity contribution in [3.8, 4) is 0 Å². The lowest BCUT2D eigenvalue weighted by Gasteiger charge is -2.27. The number of rotatable bonds is 11. The third-order valence-corrected chi connectivity index (χ3v) is 5.45. The van der Waals surface area contributed by atoms with E-state index in [9.17, 15) is 9.59 Å². The van der Waals surface area contributed by atoms with Gasteiger partial charge in [-0.2, -0.15) is 0 Å². The van der Waals surface area contributed by atoms with Crippen LogP contribution in [0.25, 0.3) is 11.0 Å². The van der Waals surface area contributed by atoms with E-state index in [1.54, 1.807) is 12.1 Å². The molecule has 6 nitrogen and oxygen atoms in total. The Labute approximate surface area is 197 Å². The largest absolute Gasteiger partial charge is 0.352 e. The van der Waals surface area contributed by atoms with Crippen LogP contribution in [0.2, 0.25) is 0 Å². The molecule has 176 valence electrons. The minimum Gasteiger partial charge on any atom is -0.352 e. The molecule has 6 heteroatoms. The fraction of sp³-hybridized carbons (Fsp3) is 0.444. The number of nitrogens with one attached hydrogen (secondary N) is 1. The van der Waals surface area contributed by atoms with Gasteiger partial charge in [-0.05, 0) is 42.5 Å². The molecule has 1 aromatic heterocycles. The maximum Gasteiger partial charge on any atom is 0.251 e. The summed E-state index contributed by atoms with van der Waals surface area (Å²) in [7, 11) is 0. The van der Waals surface area contributed by atoms with Gasteiger partial charge in [0.05, 0.1) is 11.0 Å². The van der Waals surface area contributed by atoms with E-state index in [0.29, 0.717) is 30.4 Å². The smallest absolute Gasteiger partial charge is 0.251 e. The number of hydrogen-bond donors (Lipinski definition) is 1. The number of aromatic nitrogens is 2. The molecule has 1 N–H and O–H groups in total. The molecule has 1 heterocycles. The Balaban J connectivity index is 1.69. The summed E-state index contributed by atoms with van der Waals surface area (Å²) in [6.07, 6.45) is 1.43. The molecule has 0 bridgehead atoms. The number of para-hydroxylation sites is 2. The van der Waals surface area contributed by atoms with Crippen molar-refractivity contribution in [2.75, 3.05) is 19.6 Å². The Morgan fingerprint density at radius 1 is 0.939 bits per heavy atom. The summed E-state index contributed by atoms with van der Waals surface area (Å²) in [5.41, 5.74) is 2.53. The Morgan fingerprint density at radius 3 is 2.24 bits per heavy atom. The molecule has 0 aliphatic carbocycles. The summed E-state index contributed by atoms with van der Waals surface area (Å²) >= 11 is 0. The van der Waals surface area contributed by atoms with Crippen molar-refractivity contribution in [3.05, 3.63) is 66.0 Å². The molecule has 0 unspecified atom stereocenters. The van der Waals surface area contributed by atoms with E-state index in [0.717, 1.165) is 36.4 Å². The molecular weight excluding hydrogens is 412 g/mol. The van der Waals surface area contributed by atoms with E-state index >= 15 is 0 Å². The molecule has 0 saturated heterocycles. The van der Waals surface area contributed by atoms with Crippen LogP contribution in [-0.4, -0.2) is 45.9 Å². The van der Waals surface area contributed by atoms with E-state index < -0.39 is 0 Å². The molecule has 3 aromatic rings. The van der Waals surface area contributed by atoms with Crippen LogP contribution < -0.4 is 5.32 Å². The molecule has 0 aliphatic rings. The van der Waals surface area contributed by atoms with Crippen molar-refractivity contribution >= 4 is 22.8 Å². The lowest BCUT2D eigenvalue weighted by Crippen LogP contribution is -2.39. The monoisotopic (exact) mass is 448 g/mol. The number of hydrogen-bond acceptors (Lipinski definition) is 3. The van der Waals surface area contributed by atoms with Crippen molar-refractivity contribution < 1.29 is 9.59 Å². The van der Waals surface area contributed by atoms with Crippen molar-refractivity contribution in [2.45, 2.75) is 47.1 Å². The van der Waals surface area contributed by atoms with Crippen LogP contribution in [0.3, 0.4) is 0 Å². The maximum absolute atomic E-state index is 13.3. The third-order valence-electron chi connectivity index (χ3n) is 5.45. The van der Waals surface area contributed by atoms with Crippen LogP contribution in [0.5, 0.6) is 0 Å². The topological polar surface area (TPSA) is 67.2 Å². The highest BCUT2D eigenvalue weighted by molar-refractivity contribution is 5.94. The van der Waals surface area contributed by atoms with Gasteiger partial charge in [0, 0.05) is 31.6 Å². The minimum atomic E-state index is -0.0720. The first-order valence-corrected chi connectivity index (χ1v) is 11.9. The summed E-state index contributed by atoms with van der Waals surface area (Å²) in [6, 6.07) is 17.2. The van der Waals surface area contributed by atoms with Gasteiger partial charge in [-0.15, -0.1) is 0 Å². The summed E-state index contributed by atoms with van der Waals surface area (Å²) < 4.78 is 2.05. The molecule has 0 aliphatic heterocycles. The van der Waals surface area contributed by atoms with Gasteiger partial charge in [-0.3, -0.25) is 9.59 Å². The first kappa shape index (κ1) is 24.5. The molecule has 0 fully saturated rings. The average Bonchev–Trinajstić information content (AvgIpc) is 3.13. The molecular formula is C27H36N4O2. The van der Waals surface area contributed by atoms with Gasteiger partial charge < -0.3 is 14.8 Å². The second-order valence-electron chi connectivity index (χ2n) is 9.41. The number of benzene rings is 2. The summed E-state index contributed by atoms with van der Waals surface area (Å²) in [5.74, 6) is 1.77. The minimum absolute atomic E-state index is 0.0720.